The van der Waals surface area contributed by atoms with Crippen LogP contribution in [0, 0.1) is 13.8 Å². The second-order valence-corrected chi connectivity index (χ2v) is 7.66. The van der Waals surface area contributed by atoms with Crippen molar-refractivity contribution in [3.05, 3.63) is 78.8 Å². The molecule has 1 aromatic heterocycles. The number of fused-ring (bicyclic) bond motifs is 1. The predicted octanol–water partition coefficient (Wildman–Crippen LogP) is 2.42. The maximum atomic E-state index is 12.9. The summed E-state index contributed by atoms with van der Waals surface area (Å²) < 4.78 is 7.63. The summed E-state index contributed by atoms with van der Waals surface area (Å²) in [5.41, 5.74) is 4.56. The van der Waals surface area contributed by atoms with Gasteiger partial charge in [0.15, 0.2) is 4.80 Å². The molecular formula is C21H21N3O2S. The first-order valence-corrected chi connectivity index (χ1v) is 9.59. The molecule has 2 aromatic carbocycles. The molecule has 0 aliphatic carbocycles. The lowest BCUT2D eigenvalue weighted by atomic mass is 10.1. The Kier molecular flexibility index (Phi) is 4.58. The SMILES string of the molecule is COc1ccc(C=c2sc3n(c2=O)CN(c2ccc(C)c(C)c2)CN=3)cc1. The largest absolute Gasteiger partial charge is 0.497 e. The molecule has 0 N–H and O–H groups in total. The van der Waals surface area contributed by atoms with Crippen LogP contribution < -0.4 is 24.5 Å². The van der Waals surface area contributed by atoms with Crippen molar-refractivity contribution in [3.8, 4) is 5.75 Å². The van der Waals surface area contributed by atoms with Gasteiger partial charge >= 0.3 is 0 Å². The van der Waals surface area contributed by atoms with Crippen molar-refractivity contribution in [2.45, 2.75) is 20.5 Å². The summed E-state index contributed by atoms with van der Waals surface area (Å²) in [5, 5.41) is 0. The van der Waals surface area contributed by atoms with Gasteiger partial charge in [0.05, 0.1) is 11.6 Å². The van der Waals surface area contributed by atoms with Crippen molar-refractivity contribution < 1.29 is 4.74 Å². The van der Waals surface area contributed by atoms with Gasteiger partial charge in [-0.3, -0.25) is 9.36 Å². The van der Waals surface area contributed by atoms with E-state index in [0.717, 1.165) is 21.8 Å². The van der Waals surface area contributed by atoms with Crippen LogP contribution in [-0.2, 0) is 6.67 Å². The number of anilines is 1. The van der Waals surface area contributed by atoms with E-state index in [-0.39, 0.29) is 5.56 Å². The standard InChI is InChI=1S/C21H21N3O2S/c1-14-4-7-17(10-15(14)2)23-12-22-21-24(13-23)20(25)19(27-21)11-16-5-8-18(26-3)9-6-16/h4-11H,12-13H2,1-3H3. The first-order valence-electron chi connectivity index (χ1n) is 8.77. The van der Waals surface area contributed by atoms with Crippen molar-refractivity contribution in [1.29, 1.82) is 0 Å². The van der Waals surface area contributed by atoms with Crippen LogP contribution in [0.15, 0.2) is 52.3 Å². The van der Waals surface area contributed by atoms with Crippen LogP contribution in [-0.4, -0.2) is 18.3 Å². The van der Waals surface area contributed by atoms with Crippen molar-refractivity contribution in [3.63, 3.8) is 0 Å². The zero-order chi connectivity index (χ0) is 19.0. The zero-order valence-corrected chi connectivity index (χ0v) is 16.4. The molecule has 5 nitrogen and oxygen atoms in total. The van der Waals surface area contributed by atoms with E-state index < -0.39 is 0 Å². The smallest absolute Gasteiger partial charge is 0.271 e. The molecule has 0 saturated heterocycles. The fourth-order valence-electron chi connectivity index (χ4n) is 3.05. The van der Waals surface area contributed by atoms with Gasteiger partial charge in [-0.2, -0.15) is 0 Å². The Morgan fingerprint density at radius 2 is 1.89 bits per heavy atom. The average molecular weight is 379 g/mol. The first-order chi connectivity index (χ1) is 13.0. The van der Waals surface area contributed by atoms with E-state index in [1.54, 1.807) is 11.7 Å². The summed E-state index contributed by atoms with van der Waals surface area (Å²) in [5.74, 6) is 0.799. The zero-order valence-electron chi connectivity index (χ0n) is 15.6. The van der Waals surface area contributed by atoms with Crippen LogP contribution in [0.5, 0.6) is 5.75 Å². The van der Waals surface area contributed by atoms with Gasteiger partial charge in [-0.05, 0) is 60.9 Å². The molecule has 6 heteroatoms. The number of methoxy groups -OCH3 is 1. The molecule has 27 heavy (non-hydrogen) atoms. The van der Waals surface area contributed by atoms with Crippen molar-refractivity contribution in [1.82, 2.24) is 4.57 Å². The molecular weight excluding hydrogens is 358 g/mol. The predicted molar refractivity (Wildman–Crippen MR) is 109 cm³/mol. The lowest BCUT2D eigenvalue weighted by Crippen LogP contribution is -2.42. The molecule has 3 aromatic rings. The van der Waals surface area contributed by atoms with Gasteiger partial charge in [0.2, 0.25) is 0 Å². The summed E-state index contributed by atoms with van der Waals surface area (Å²) in [7, 11) is 1.64. The number of benzene rings is 2. The second kappa shape index (κ2) is 7.04. The van der Waals surface area contributed by atoms with Gasteiger partial charge in [-0.1, -0.05) is 29.5 Å². The van der Waals surface area contributed by atoms with Gasteiger partial charge in [0, 0.05) is 5.69 Å². The highest BCUT2D eigenvalue weighted by molar-refractivity contribution is 7.07. The number of aryl methyl sites for hydroxylation is 2. The van der Waals surface area contributed by atoms with Crippen molar-refractivity contribution in [2.75, 3.05) is 18.7 Å². The molecule has 0 fully saturated rings. The summed E-state index contributed by atoms with van der Waals surface area (Å²) in [6.45, 7) is 5.28. The maximum absolute atomic E-state index is 12.9. The number of rotatable bonds is 3. The van der Waals surface area contributed by atoms with E-state index in [1.807, 2.05) is 30.3 Å². The number of hydrogen-bond acceptors (Lipinski definition) is 5. The highest BCUT2D eigenvalue weighted by Gasteiger charge is 2.16. The third kappa shape index (κ3) is 3.40. The Labute approximate surface area is 161 Å². The Morgan fingerprint density at radius 3 is 2.59 bits per heavy atom. The molecule has 0 amide bonds. The third-order valence-corrected chi connectivity index (χ3v) is 5.89. The molecule has 0 bridgehead atoms. The molecule has 1 aliphatic rings. The first kappa shape index (κ1) is 17.5. The monoisotopic (exact) mass is 379 g/mol. The minimum absolute atomic E-state index is 0.00287. The van der Waals surface area contributed by atoms with Gasteiger partial charge < -0.3 is 9.64 Å². The van der Waals surface area contributed by atoms with E-state index in [2.05, 4.69) is 41.9 Å². The quantitative estimate of drug-likeness (QED) is 0.702. The average Bonchev–Trinajstić information content (AvgIpc) is 2.99. The van der Waals surface area contributed by atoms with Crippen LogP contribution in [0.2, 0.25) is 0 Å². The number of nitrogens with zero attached hydrogens (tertiary/aromatic N) is 3. The molecule has 0 saturated carbocycles. The van der Waals surface area contributed by atoms with E-state index in [0.29, 0.717) is 17.9 Å². The highest BCUT2D eigenvalue weighted by Crippen LogP contribution is 2.20. The molecule has 2 heterocycles. The van der Waals surface area contributed by atoms with E-state index >= 15 is 0 Å². The van der Waals surface area contributed by atoms with Crippen molar-refractivity contribution in [2.24, 2.45) is 4.99 Å². The summed E-state index contributed by atoms with van der Waals surface area (Å²) in [6.07, 6.45) is 1.91. The number of ether oxygens (including phenoxy) is 1. The molecule has 138 valence electrons. The minimum Gasteiger partial charge on any atom is -0.497 e. The van der Waals surface area contributed by atoms with E-state index in [1.165, 1.54) is 22.5 Å². The van der Waals surface area contributed by atoms with Crippen LogP contribution in [0.25, 0.3) is 6.08 Å². The number of thiazole rings is 1. The van der Waals surface area contributed by atoms with E-state index in [4.69, 9.17) is 4.74 Å². The third-order valence-electron chi connectivity index (χ3n) is 4.85. The molecule has 4 rings (SSSR count). The van der Waals surface area contributed by atoms with Crippen LogP contribution in [0.3, 0.4) is 0 Å². The topological polar surface area (TPSA) is 46.8 Å². The van der Waals surface area contributed by atoms with Gasteiger partial charge in [0.1, 0.15) is 19.1 Å². The number of aromatic nitrogens is 1. The molecule has 0 unspecified atom stereocenters. The Balaban J connectivity index is 1.68. The minimum atomic E-state index is 0.00287. The van der Waals surface area contributed by atoms with Crippen molar-refractivity contribution >= 4 is 23.1 Å². The fourth-order valence-corrected chi connectivity index (χ4v) is 4.01. The molecule has 0 atom stereocenters. The van der Waals surface area contributed by atoms with Crippen LogP contribution in [0.4, 0.5) is 5.69 Å². The Bertz CT molecular complexity index is 1160. The lowest BCUT2D eigenvalue weighted by molar-refractivity contribution is 0.415. The molecule has 1 aliphatic heterocycles. The Morgan fingerprint density at radius 1 is 1.11 bits per heavy atom. The maximum Gasteiger partial charge on any atom is 0.271 e. The molecule has 0 spiro atoms. The highest BCUT2D eigenvalue weighted by atomic mass is 32.1. The van der Waals surface area contributed by atoms with Gasteiger partial charge in [-0.15, -0.1) is 0 Å². The van der Waals surface area contributed by atoms with Gasteiger partial charge in [-0.25, -0.2) is 4.99 Å². The molecule has 0 radical (unpaired) electrons. The lowest BCUT2D eigenvalue weighted by Gasteiger charge is -2.26. The van der Waals surface area contributed by atoms with E-state index in [9.17, 15) is 4.79 Å². The summed E-state index contributed by atoms with van der Waals surface area (Å²) in [6, 6.07) is 14.0. The fraction of sp³-hybridized carbons (Fsp3) is 0.238. The normalized spacial score (nSPS) is 14.0. The Hall–Kier alpha value is -2.86. The summed E-state index contributed by atoms with van der Waals surface area (Å²) >= 11 is 1.44. The van der Waals surface area contributed by atoms with Crippen LogP contribution in [0.1, 0.15) is 16.7 Å². The van der Waals surface area contributed by atoms with Gasteiger partial charge in [0.25, 0.3) is 5.56 Å². The number of hydrogen-bond donors (Lipinski definition) is 0. The second-order valence-electron chi connectivity index (χ2n) is 6.65. The van der Waals surface area contributed by atoms with Crippen LogP contribution >= 0.6 is 11.3 Å². The summed E-state index contributed by atoms with van der Waals surface area (Å²) in [4.78, 5) is 20.4.